The first-order chi connectivity index (χ1) is 12.1. The lowest BCUT2D eigenvalue weighted by molar-refractivity contribution is 0.0888. The number of aromatic nitrogens is 3. The fourth-order valence-corrected chi connectivity index (χ4v) is 5.95. The van der Waals surface area contributed by atoms with Crippen LogP contribution >= 0.6 is 11.3 Å². The van der Waals surface area contributed by atoms with E-state index in [2.05, 4.69) is 30.2 Å². The molecule has 2 saturated carbocycles. The Kier molecular flexibility index (Phi) is 2.58. The third kappa shape index (κ3) is 1.84. The smallest absolute Gasteiger partial charge is 0.291 e. The molecule has 0 amide bonds. The fourth-order valence-electron chi connectivity index (χ4n) is 5.12. The van der Waals surface area contributed by atoms with E-state index in [1.807, 2.05) is 6.92 Å². The van der Waals surface area contributed by atoms with Gasteiger partial charge in [-0.1, -0.05) is 11.3 Å². The van der Waals surface area contributed by atoms with Crippen molar-refractivity contribution < 1.29 is 4.74 Å². The van der Waals surface area contributed by atoms with Crippen LogP contribution in [0.3, 0.4) is 0 Å². The number of thiazole rings is 1. The Balaban J connectivity index is 1.17. The number of hydrogen-bond donors (Lipinski definition) is 1. The molecule has 4 atom stereocenters. The largest absolute Gasteiger partial charge is 0.461 e. The molecule has 1 N–H and O–H groups in total. The van der Waals surface area contributed by atoms with Crippen molar-refractivity contribution in [3.05, 3.63) is 11.9 Å². The number of fused-ring (bicyclic) bond motifs is 2. The molecule has 130 valence electrons. The summed E-state index contributed by atoms with van der Waals surface area (Å²) in [7, 11) is 1.76. The molecule has 4 fully saturated rings. The van der Waals surface area contributed by atoms with E-state index in [4.69, 9.17) is 4.74 Å². The Morgan fingerprint density at radius 3 is 3.04 bits per heavy atom. The summed E-state index contributed by atoms with van der Waals surface area (Å²) in [4.78, 5) is 21.1. The molecule has 2 aliphatic carbocycles. The van der Waals surface area contributed by atoms with Gasteiger partial charge in [-0.05, 0) is 32.1 Å². The highest BCUT2D eigenvalue weighted by atomic mass is 32.1. The van der Waals surface area contributed by atoms with Crippen molar-refractivity contribution in [1.82, 2.24) is 19.9 Å². The standard InChI is InChI=1S/C17H20N6OS/c1-9-7-19-12-13(20-9)25-15(21-12)22-14(18-2)24-11-6-16(11)8-23-4-3-17(23)5-10(16)17/h7,10-11H,3-6,8H2,1-2H3,(H,18,19,21,22). The highest BCUT2D eigenvalue weighted by Gasteiger charge is 2.82. The van der Waals surface area contributed by atoms with Crippen molar-refractivity contribution in [1.29, 1.82) is 0 Å². The zero-order valence-corrected chi connectivity index (χ0v) is 15.1. The molecule has 0 aromatic carbocycles. The van der Waals surface area contributed by atoms with E-state index in [1.165, 1.54) is 43.7 Å². The fraction of sp³-hybridized carbons (Fsp3) is 0.647. The van der Waals surface area contributed by atoms with E-state index in [9.17, 15) is 0 Å². The molecule has 6 rings (SSSR count). The van der Waals surface area contributed by atoms with Crippen molar-refractivity contribution in [3.63, 3.8) is 0 Å². The van der Waals surface area contributed by atoms with Gasteiger partial charge in [-0.25, -0.2) is 15.0 Å². The van der Waals surface area contributed by atoms with E-state index >= 15 is 0 Å². The number of hydrogen-bond acceptors (Lipinski definition) is 7. The lowest BCUT2D eigenvalue weighted by atomic mass is 9.99. The van der Waals surface area contributed by atoms with Crippen LogP contribution in [0, 0.1) is 18.3 Å². The van der Waals surface area contributed by atoms with E-state index in [0.717, 1.165) is 21.6 Å². The Hall–Kier alpha value is -1.80. The Morgan fingerprint density at radius 2 is 2.36 bits per heavy atom. The first-order valence-corrected chi connectivity index (χ1v) is 9.70. The highest BCUT2D eigenvalue weighted by molar-refractivity contribution is 7.21. The summed E-state index contributed by atoms with van der Waals surface area (Å²) in [5, 5.41) is 3.95. The molecule has 4 unspecified atom stereocenters. The first kappa shape index (κ1) is 14.4. The predicted molar refractivity (Wildman–Crippen MR) is 95.9 cm³/mol. The van der Waals surface area contributed by atoms with Gasteiger partial charge in [0.2, 0.25) is 0 Å². The summed E-state index contributed by atoms with van der Waals surface area (Å²) < 4.78 is 6.23. The number of nitrogens with one attached hydrogen (secondary N) is 1. The quantitative estimate of drug-likeness (QED) is 0.656. The molecular weight excluding hydrogens is 336 g/mol. The SMILES string of the molecule is CN=C(Nc1nc2ncc(C)nc2s1)OC1CC12CN1CCC13CC23. The van der Waals surface area contributed by atoms with Crippen molar-refractivity contribution in [3.8, 4) is 0 Å². The molecule has 7 nitrogen and oxygen atoms in total. The molecule has 2 aliphatic heterocycles. The van der Waals surface area contributed by atoms with E-state index < -0.39 is 0 Å². The normalized spacial score (nSPS) is 38.4. The summed E-state index contributed by atoms with van der Waals surface area (Å²) in [6.07, 6.45) is 5.97. The summed E-state index contributed by atoms with van der Waals surface area (Å²) >= 11 is 1.48. The van der Waals surface area contributed by atoms with E-state index in [-0.39, 0.29) is 0 Å². The van der Waals surface area contributed by atoms with Crippen LogP contribution in [0.5, 0.6) is 0 Å². The lowest BCUT2D eigenvalue weighted by Gasteiger charge is -2.38. The average molecular weight is 356 g/mol. The van der Waals surface area contributed by atoms with Gasteiger partial charge in [0, 0.05) is 31.1 Å². The van der Waals surface area contributed by atoms with Crippen LogP contribution in [0.4, 0.5) is 5.13 Å². The number of anilines is 1. The molecular formula is C17H20N6OS. The van der Waals surface area contributed by atoms with E-state index in [0.29, 0.717) is 28.7 Å². The lowest BCUT2D eigenvalue weighted by Crippen LogP contribution is -2.47. The number of rotatable bonds is 2. The number of nitrogens with zero attached hydrogens (tertiary/aromatic N) is 5. The van der Waals surface area contributed by atoms with Crippen LogP contribution in [-0.2, 0) is 4.74 Å². The summed E-state index contributed by atoms with van der Waals surface area (Å²) in [6.45, 7) is 4.43. The summed E-state index contributed by atoms with van der Waals surface area (Å²) in [5.41, 5.74) is 2.53. The van der Waals surface area contributed by atoms with Crippen molar-refractivity contribution >= 4 is 33.0 Å². The monoisotopic (exact) mass is 356 g/mol. The predicted octanol–water partition coefficient (Wildman–Crippen LogP) is 2.05. The zero-order valence-electron chi connectivity index (χ0n) is 14.3. The maximum atomic E-state index is 6.23. The number of aryl methyl sites for hydroxylation is 1. The van der Waals surface area contributed by atoms with Gasteiger partial charge in [-0.3, -0.25) is 10.2 Å². The van der Waals surface area contributed by atoms with Gasteiger partial charge in [-0.2, -0.15) is 4.98 Å². The third-order valence-electron chi connectivity index (χ3n) is 6.63. The number of aliphatic imine (C=N–C) groups is 1. The van der Waals surface area contributed by atoms with Gasteiger partial charge in [0.05, 0.1) is 11.9 Å². The van der Waals surface area contributed by atoms with Crippen molar-refractivity contribution in [2.24, 2.45) is 16.3 Å². The van der Waals surface area contributed by atoms with Crippen LogP contribution in [0.1, 0.15) is 25.0 Å². The Labute approximate surface area is 149 Å². The van der Waals surface area contributed by atoms with Crippen LogP contribution in [0.2, 0.25) is 0 Å². The Bertz CT molecular complexity index is 927. The zero-order chi connectivity index (χ0) is 16.8. The Morgan fingerprint density at radius 1 is 1.44 bits per heavy atom. The van der Waals surface area contributed by atoms with E-state index in [1.54, 1.807) is 13.2 Å². The summed E-state index contributed by atoms with van der Waals surface area (Å²) in [6, 6.07) is 0.557. The summed E-state index contributed by atoms with van der Waals surface area (Å²) in [5.74, 6) is 0.857. The third-order valence-corrected chi connectivity index (χ3v) is 7.48. The van der Waals surface area contributed by atoms with Gasteiger partial charge in [0.1, 0.15) is 6.10 Å². The second-order valence-corrected chi connectivity index (χ2v) is 8.87. The minimum Gasteiger partial charge on any atom is -0.461 e. The average Bonchev–Trinajstić information content (AvgIpc) is 3.44. The second-order valence-electron chi connectivity index (χ2n) is 7.89. The van der Waals surface area contributed by atoms with Crippen molar-refractivity contribution in [2.75, 3.05) is 25.5 Å². The number of ether oxygens (including phenoxy) is 1. The minimum absolute atomic E-state index is 0.293. The molecule has 2 aromatic heterocycles. The topological polar surface area (TPSA) is 75.5 Å². The maximum absolute atomic E-state index is 6.23. The van der Waals surface area contributed by atoms with Crippen molar-refractivity contribution in [2.45, 2.75) is 37.8 Å². The van der Waals surface area contributed by atoms with Gasteiger partial charge in [0.25, 0.3) is 6.02 Å². The molecule has 8 heteroatoms. The molecule has 2 saturated heterocycles. The first-order valence-electron chi connectivity index (χ1n) is 8.89. The van der Waals surface area contributed by atoms with Gasteiger partial charge >= 0.3 is 0 Å². The van der Waals surface area contributed by atoms with Crippen LogP contribution in [-0.4, -0.2) is 57.7 Å². The van der Waals surface area contributed by atoms with Crippen LogP contribution < -0.4 is 5.32 Å². The molecule has 2 aromatic rings. The molecule has 0 bridgehead atoms. The molecule has 4 heterocycles. The molecule has 25 heavy (non-hydrogen) atoms. The minimum atomic E-state index is 0.293. The maximum Gasteiger partial charge on any atom is 0.291 e. The van der Waals surface area contributed by atoms with Crippen LogP contribution in [0.15, 0.2) is 11.2 Å². The second kappa shape index (κ2) is 4.48. The molecule has 0 radical (unpaired) electrons. The van der Waals surface area contributed by atoms with Gasteiger partial charge in [-0.15, -0.1) is 0 Å². The molecule has 2 spiro atoms. The van der Waals surface area contributed by atoms with Gasteiger partial charge in [0.15, 0.2) is 15.6 Å². The molecule has 4 aliphatic rings. The highest BCUT2D eigenvalue weighted by Crippen LogP contribution is 2.77. The van der Waals surface area contributed by atoms with Gasteiger partial charge < -0.3 is 4.74 Å². The van der Waals surface area contributed by atoms with Crippen LogP contribution in [0.25, 0.3) is 10.5 Å². The number of amidine groups is 1. The number of piperidine rings is 1.